The van der Waals surface area contributed by atoms with E-state index in [1.165, 1.54) is 43.4 Å². The molecule has 0 heterocycles. The zero-order chi connectivity index (χ0) is 13.0. The number of hydrogen-bond acceptors (Lipinski definition) is 2. The minimum Gasteiger partial charge on any atom is -0.378 e. The summed E-state index contributed by atoms with van der Waals surface area (Å²) in [5.41, 5.74) is 8.77. The van der Waals surface area contributed by atoms with Crippen molar-refractivity contribution in [2.75, 3.05) is 11.9 Å². The molecule has 1 aromatic rings. The molecule has 2 nitrogen and oxygen atoms in total. The number of rotatable bonds is 4. The van der Waals surface area contributed by atoms with Gasteiger partial charge in [-0.2, -0.15) is 0 Å². The SMILES string of the molecule is CCC1CCCC(CN)(Nc2ccccc2C)C1. The lowest BCUT2D eigenvalue weighted by Gasteiger charge is -2.42. The van der Waals surface area contributed by atoms with E-state index in [4.69, 9.17) is 5.73 Å². The Bertz CT molecular complexity index is 388. The van der Waals surface area contributed by atoms with E-state index in [0.29, 0.717) is 0 Å². The highest BCUT2D eigenvalue weighted by Gasteiger charge is 2.34. The fourth-order valence-electron chi connectivity index (χ4n) is 3.18. The van der Waals surface area contributed by atoms with Gasteiger partial charge in [-0.25, -0.2) is 0 Å². The molecule has 0 amide bonds. The monoisotopic (exact) mass is 246 g/mol. The van der Waals surface area contributed by atoms with E-state index in [9.17, 15) is 0 Å². The van der Waals surface area contributed by atoms with Crippen molar-refractivity contribution in [3.8, 4) is 0 Å². The molecule has 0 saturated heterocycles. The first-order valence-electron chi connectivity index (χ1n) is 7.23. The highest BCUT2D eigenvalue weighted by Crippen LogP contribution is 2.36. The Balaban J connectivity index is 2.15. The third-order valence-electron chi connectivity index (χ3n) is 4.46. The zero-order valence-corrected chi connectivity index (χ0v) is 11.7. The zero-order valence-electron chi connectivity index (χ0n) is 11.7. The molecule has 3 N–H and O–H groups in total. The van der Waals surface area contributed by atoms with Crippen LogP contribution in [0.3, 0.4) is 0 Å². The molecule has 1 aromatic carbocycles. The summed E-state index contributed by atoms with van der Waals surface area (Å²) in [6.45, 7) is 5.19. The molecule has 2 heteroatoms. The lowest BCUT2D eigenvalue weighted by molar-refractivity contribution is 0.244. The first-order valence-corrected chi connectivity index (χ1v) is 7.23. The quantitative estimate of drug-likeness (QED) is 0.850. The standard InChI is InChI=1S/C16H26N2/c1-3-14-8-6-10-16(11-14,12-17)18-15-9-5-4-7-13(15)2/h4-5,7,9,14,18H,3,6,8,10-12,17H2,1-2H3. The first kappa shape index (κ1) is 13.4. The lowest BCUT2D eigenvalue weighted by Crippen LogP contribution is -2.49. The van der Waals surface area contributed by atoms with Gasteiger partial charge in [-0.05, 0) is 37.3 Å². The van der Waals surface area contributed by atoms with Crippen LogP contribution in [0.25, 0.3) is 0 Å². The molecule has 2 atom stereocenters. The average molecular weight is 246 g/mol. The summed E-state index contributed by atoms with van der Waals surface area (Å²) in [6.07, 6.45) is 6.36. The van der Waals surface area contributed by atoms with Crippen LogP contribution in [0, 0.1) is 12.8 Å². The van der Waals surface area contributed by atoms with Crippen molar-refractivity contribution >= 4 is 5.69 Å². The minimum absolute atomic E-state index is 0.116. The van der Waals surface area contributed by atoms with Gasteiger partial charge in [0.05, 0.1) is 0 Å². The topological polar surface area (TPSA) is 38.0 Å². The molecule has 1 fully saturated rings. The maximum Gasteiger partial charge on any atom is 0.0498 e. The molecule has 100 valence electrons. The Hall–Kier alpha value is -1.02. The van der Waals surface area contributed by atoms with Crippen LogP contribution in [0.15, 0.2) is 24.3 Å². The Morgan fingerprint density at radius 3 is 2.83 bits per heavy atom. The van der Waals surface area contributed by atoms with Crippen molar-refractivity contribution in [1.29, 1.82) is 0 Å². The number of nitrogens with two attached hydrogens (primary N) is 1. The highest BCUT2D eigenvalue weighted by molar-refractivity contribution is 5.52. The highest BCUT2D eigenvalue weighted by atomic mass is 15.0. The van der Waals surface area contributed by atoms with Crippen molar-refractivity contribution in [3.05, 3.63) is 29.8 Å². The van der Waals surface area contributed by atoms with Crippen molar-refractivity contribution in [2.45, 2.75) is 51.5 Å². The molecule has 0 spiro atoms. The third kappa shape index (κ3) is 2.86. The third-order valence-corrected chi connectivity index (χ3v) is 4.46. The van der Waals surface area contributed by atoms with E-state index < -0.39 is 0 Å². The van der Waals surface area contributed by atoms with Gasteiger partial charge in [0.1, 0.15) is 0 Å². The Morgan fingerprint density at radius 1 is 1.39 bits per heavy atom. The van der Waals surface area contributed by atoms with E-state index in [2.05, 4.69) is 43.4 Å². The fourth-order valence-corrected chi connectivity index (χ4v) is 3.18. The normalized spacial score (nSPS) is 28.1. The number of nitrogens with one attached hydrogen (secondary N) is 1. The predicted octanol–water partition coefficient (Wildman–Crippen LogP) is 3.70. The molecule has 0 aliphatic heterocycles. The molecular formula is C16H26N2. The van der Waals surface area contributed by atoms with Gasteiger partial charge in [-0.1, -0.05) is 44.4 Å². The second-order valence-corrected chi connectivity index (χ2v) is 5.80. The van der Waals surface area contributed by atoms with E-state index in [1.54, 1.807) is 0 Å². The van der Waals surface area contributed by atoms with Crippen LogP contribution >= 0.6 is 0 Å². The summed E-state index contributed by atoms with van der Waals surface area (Å²) in [5, 5.41) is 3.75. The molecule has 0 aromatic heterocycles. The number of hydrogen-bond donors (Lipinski definition) is 2. The fraction of sp³-hybridized carbons (Fsp3) is 0.625. The molecule has 1 saturated carbocycles. The summed E-state index contributed by atoms with van der Waals surface area (Å²) in [7, 11) is 0. The van der Waals surface area contributed by atoms with Gasteiger partial charge in [0, 0.05) is 17.8 Å². The first-order chi connectivity index (χ1) is 8.69. The van der Waals surface area contributed by atoms with Gasteiger partial charge in [-0.15, -0.1) is 0 Å². The second kappa shape index (κ2) is 5.75. The largest absolute Gasteiger partial charge is 0.378 e. The van der Waals surface area contributed by atoms with Crippen LogP contribution in [0.4, 0.5) is 5.69 Å². The number of aryl methyl sites for hydroxylation is 1. The Labute approximate surface area is 111 Å². The van der Waals surface area contributed by atoms with E-state index in [-0.39, 0.29) is 5.54 Å². The Kier molecular flexibility index (Phi) is 4.28. The molecule has 18 heavy (non-hydrogen) atoms. The molecule has 2 rings (SSSR count). The maximum atomic E-state index is 6.09. The average Bonchev–Trinajstić information content (AvgIpc) is 2.42. The molecule has 2 unspecified atom stereocenters. The van der Waals surface area contributed by atoms with Gasteiger partial charge >= 0.3 is 0 Å². The maximum absolute atomic E-state index is 6.09. The van der Waals surface area contributed by atoms with Crippen LogP contribution in [-0.2, 0) is 0 Å². The van der Waals surface area contributed by atoms with Gasteiger partial charge < -0.3 is 11.1 Å². The summed E-state index contributed by atoms with van der Waals surface area (Å²) in [5.74, 6) is 0.832. The number of para-hydroxylation sites is 1. The number of benzene rings is 1. The van der Waals surface area contributed by atoms with Gasteiger partial charge in [0.15, 0.2) is 0 Å². The van der Waals surface area contributed by atoms with Crippen LogP contribution in [0.5, 0.6) is 0 Å². The summed E-state index contributed by atoms with van der Waals surface area (Å²) >= 11 is 0. The summed E-state index contributed by atoms with van der Waals surface area (Å²) in [6, 6.07) is 8.51. The summed E-state index contributed by atoms with van der Waals surface area (Å²) in [4.78, 5) is 0. The number of anilines is 1. The van der Waals surface area contributed by atoms with Crippen molar-refractivity contribution < 1.29 is 0 Å². The molecule has 1 aliphatic rings. The van der Waals surface area contributed by atoms with Crippen LogP contribution in [-0.4, -0.2) is 12.1 Å². The van der Waals surface area contributed by atoms with Crippen molar-refractivity contribution in [1.82, 2.24) is 0 Å². The molecule has 0 bridgehead atoms. The van der Waals surface area contributed by atoms with E-state index in [0.717, 1.165) is 12.5 Å². The van der Waals surface area contributed by atoms with Gasteiger partial charge in [0.25, 0.3) is 0 Å². The molecule has 0 radical (unpaired) electrons. The van der Waals surface area contributed by atoms with Gasteiger partial charge in [0.2, 0.25) is 0 Å². The smallest absolute Gasteiger partial charge is 0.0498 e. The van der Waals surface area contributed by atoms with Crippen LogP contribution in [0.2, 0.25) is 0 Å². The van der Waals surface area contributed by atoms with Crippen LogP contribution in [0.1, 0.15) is 44.6 Å². The van der Waals surface area contributed by atoms with Gasteiger partial charge in [-0.3, -0.25) is 0 Å². The summed E-state index contributed by atoms with van der Waals surface area (Å²) < 4.78 is 0. The lowest BCUT2D eigenvalue weighted by atomic mass is 9.74. The van der Waals surface area contributed by atoms with E-state index in [1.807, 2.05) is 0 Å². The van der Waals surface area contributed by atoms with Crippen molar-refractivity contribution in [2.24, 2.45) is 11.7 Å². The second-order valence-electron chi connectivity index (χ2n) is 5.80. The molecule has 1 aliphatic carbocycles. The van der Waals surface area contributed by atoms with Crippen molar-refractivity contribution in [3.63, 3.8) is 0 Å². The predicted molar refractivity (Wildman–Crippen MR) is 78.8 cm³/mol. The molecular weight excluding hydrogens is 220 g/mol. The van der Waals surface area contributed by atoms with Crippen LogP contribution < -0.4 is 11.1 Å². The Morgan fingerprint density at radius 2 is 2.17 bits per heavy atom. The van der Waals surface area contributed by atoms with E-state index >= 15 is 0 Å². The minimum atomic E-state index is 0.116.